The molecule has 1 aliphatic heterocycles. The van der Waals surface area contributed by atoms with Crippen LogP contribution in [0.5, 0.6) is 0 Å². The first-order valence-electron chi connectivity index (χ1n) is 6.10. The lowest BCUT2D eigenvalue weighted by Gasteiger charge is -2.24. The first kappa shape index (κ1) is 12.4. The van der Waals surface area contributed by atoms with E-state index in [1.165, 1.54) is 32.4 Å². The summed E-state index contributed by atoms with van der Waals surface area (Å²) in [7, 11) is 0. The van der Waals surface area contributed by atoms with Crippen molar-refractivity contribution in [2.45, 2.75) is 39.5 Å². The minimum atomic E-state index is 0.266. The number of hydrogen-bond donors (Lipinski definition) is 0. The van der Waals surface area contributed by atoms with Crippen molar-refractivity contribution in [3.63, 3.8) is 0 Å². The van der Waals surface area contributed by atoms with Crippen LogP contribution in [-0.4, -0.2) is 30.3 Å². The molecule has 0 aromatic heterocycles. The van der Waals surface area contributed by atoms with E-state index < -0.39 is 0 Å². The molecular formula is C13H23NO. The van der Waals surface area contributed by atoms with Gasteiger partial charge in [0.15, 0.2) is 5.78 Å². The van der Waals surface area contributed by atoms with Crippen molar-refractivity contribution in [3.05, 3.63) is 12.2 Å². The van der Waals surface area contributed by atoms with Crippen LogP contribution in [0.4, 0.5) is 0 Å². The Bertz CT molecular complexity index is 215. The summed E-state index contributed by atoms with van der Waals surface area (Å²) < 4.78 is 0. The standard InChI is InChI=1S/C13H23NO/c1-12(2)11-13(15)7-6-10-14-8-4-3-5-9-14/h6-7,12H,3-5,8-11H2,1-2H3/b7-6+. The van der Waals surface area contributed by atoms with Crippen molar-refractivity contribution in [1.29, 1.82) is 0 Å². The fourth-order valence-corrected chi connectivity index (χ4v) is 1.95. The predicted molar refractivity (Wildman–Crippen MR) is 63.9 cm³/mol. The summed E-state index contributed by atoms with van der Waals surface area (Å²) >= 11 is 0. The summed E-state index contributed by atoms with van der Waals surface area (Å²) in [6.07, 6.45) is 8.45. The molecule has 0 aromatic rings. The Morgan fingerprint density at radius 2 is 1.93 bits per heavy atom. The van der Waals surface area contributed by atoms with Gasteiger partial charge in [0.25, 0.3) is 0 Å². The molecule has 2 nitrogen and oxygen atoms in total. The minimum Gasteiger partial charge on any atom is -0.300 e. The number of hydrogen-bond acceptors (Lipinski definition) is 2. The van der Waals surface area contributed by atoms with E-state index in [9.17, 15) is 4.79 Å². The fraction of sp³-hybridized carbons (Fsp3) is 0.769. The minimum absolute atomic E-state index is 0.266. The second kappa shape index (κ2) is 6.78. The van der Waals surface area contributed by atoms with Gasteiger partial charge in [-0.3, -0.25) is 9.69 Å². The van der Waals surface area contributed by atoms with Gasteiger partial charge in [0, 0.05) is 13.0 Å². The zero-order valence-corrected chi connectivity index (χ0v) is 10.0. The molecule has 86 valence electrons. The molecule has 0 atom stereocenters. The Morgan fingerprint density at radius 3 is 2.53 bits per heavy atom. The number of rotatable bonds is 5. The largest absolute Gasteiger partial charge is 0.300 e. The van der Waals surface area contributed by atoms with Gasteiger partial charge in [-0.2, -0.15) is 0 Å². The van der Waals surface area contributed by atoms with E-state index in [-0.39, 0.29) is 5.78 Å². The first-order valence-corrected chi connectivity index (χ1v) is 6.10. The topological polar surface area (TPSA) is 20.3 Å². The number of carbonyl (C=O) groups excluding carboxylic acids is 1. The number of allylic oxidation sites excluding steroid dienone is 1. The summed E-state index contributed by atoms with van der Waals surface area (Å²) in [6, 6.07) is 0. The van der Waals surface area contributed by atoms with Crippen molar-refractivity contribution in [3.8, 4) is 0 Å². The highest BCUT2D eigenvalue weighted by Crippen LogP contribution is 2.08. The SMILES string of the molecule is CC(C)CC(=O)/C=C/CN1CCCCC1. The molecule has 1 heterocycles. The smallest absolute Gasteiger partial charge is 0.155 e. The maximum absolute atomic E-state index is 11.4. The highest BCUT2D eigenvalue weighted by atomic mass is 16.1. The van der Waals surface area contributed by atoms with Gasteiger partial charge in [-0.25, -0.2) is 0 Å². The summed E-state index contributed by atoms with van der Waals surface area (Å²) in [5.41, 5.74) is 0. The van der Waals surface area contributed by atoms with E-state index in [0.29, 0.717) is 12.3 Å². The number of piperidine rings is 1. The quantitative estimate of drug-likeness (QED) is 0.649. The van der Waals surface area contributed by atoms with E-state index in [1.54, 1.807) is 6.08 Å². The van der Waals surface area contributed by atoms with Crippen LogP contribution in [0.2, 0.25) is 0 Å². The van der Waals surface area contributed by atoms with Crippen LogP contribution in [-0.2, 0) is 4.79 Å². The summed E-state index contributed by atoms with van der Waals surface area (Å²) in [5.74, 6) is 0.735. The first-order chi connectivity index (χ1) is 7.18. The third-order valence-corrected chi connectivity index (χ3v) is 2.73. The van der Waals surface area contributed by atoms with Crippen molar-refractivity contribution in [2.24, 2.45) is 5.92 Å². The molecular weight excluding hydrogens is 186 g/mol. The maximum Gasteiger partial charge on any atom is 0.155 e. The van der Waals surface area contributed by atoms with Gasteiger partial charge in [0.2, 0.25) is 0 Å². The van der Waals surface area contributed by atoms with Crippen LogP contribution in [0.1, 0.15) is 39.5 Å². The lowest BCUT2D eigenvalue weighted by molar-refractivity contribution is -0.115. The predicted octanol–water partition coefficient (Wildman–Crippen LogP) is 2.64. The number of nitrogens with zero attached hydrogens (tertiary/aromatic N) is 1. The molecule has 0 unspecified atom stereocenters. The molecule has 0 bridgehead atoms. The van der Waals surface area contributed by atoms with Crippen molar-refractivity contribution in [2.75, 3.05) is 19.6 Å². The molecule has 2 heteroatoms. The number of carbonyl (C=O) groups is 1. The van der Waals surface area contributed by atoms with Gasteiger partial charge in [0.05, 0.1) is 0 Å². The zero-order valence-electron chi connectivity index (χ0n) is 10.0. The van der Waals surface area contributed by atoms with Gasteiger partial charge < -0.3 is 0 Å². The highest BCUT2D eigenvalue weighted by molar-refractivity contribution is 5.89. The van der Waals surface area contributed by atoms with E-state index in [2.05, 4.69) is 18.7 Å². The third-order valence-electron chi connectivity index (χ3n) is 2.73. The highest BCUT2D eigenvalue weighted by Gasteiger charge is 2.07. The Balaban J connectivity index is 2.17. The maximum atomic E-state index is 11.4. The second-order valence-corrected chi connectivity index (χ2v) is 4.83. The lowest BCUT2D eigenvalue weighted by atomic mass is 10.1. The molecule has 1 fully saturated rings. The van der Waals surface area contributed by atoms with E-state index in [1.807, 2.05) is 6.08 Å². The fourth-order valence-electron chi connectivity index (χ4n) is 1.95. The summed E-state index contributed by atoms with van der Waals surface area (Å²) in [5, 5.41) is 0. The number of ketones is 1. The van der Waals surface area contributed by atoms with Crippen molar-refractivity contribution >= 4 is 5.78 Å². The lowest BCUT2D eigenvalue weighted by Crippen LogP contribution is -2.29. The summed E-state index contributed by atoms with van der Waals surface area (Å²) in [4.78, 5) is 13.8. The second-order valence-electron chi connectivity index (χ2n) is 4.83. The van der Waals surface area contributed by atoms with E-state index in [0.717, 1.165) is 6.54 Å². The van der Waals surface area contributed by atoms with Gasteiger partial charge >= 0.3 is 0 Å². The average Bonchev–Trinajstić information content (AvgIpc) is 2.18. The van der Waals surface area contributed by atoms with Crippen LogP contribution >= 0.6 is 0 Å². The molecule has 0 radical (unpaired) electrons. The summed E-state index contributed by atoms with van der Waals surface area (Å²) in [6.45, 7) is 7.50. The molecule has 0 aromatic carbocycles. The number of likely N-dealkylation sites (tertiary alicyclic amines) is 1. The van der Waals surface area contributed by atoms with Crippen LogP contribution in [0.15, 0.2) is 12.2 Å². The van der Waals surface area contributed by atoms with Crippen molar-refractivity contribution < 1.29 is 4.79 Å². The van der Waals surface area contributed by atoms with E-state index >= 15 is 0 Å². The molecule has 1 saturated heterocycles. The van der Waals surface area contributed by atoms with Gasteiger partial charge in [0.1, 0.15) is 0 Å². The molecule has 0 spiro atoms. The molecule has 1 rings (SSSR count). The monoisotopic (exact) mass is 209 g/mol. The molecule has 0 amide bonds. The Morgan fingerprint density at radius 1 is 1.27 bits per heavy atom. The molecule has 1 aliphatic rings. The zero-order chi connectivity index (χ0) is 11.1. The molecule has 15 heavy (non-hydrogen) atoms. The van der Waals surface area contributed by atoms with Gasteiger partial charge in [-0.05, 0) is 37.9 Å². The Hall–Kier alpha value is -0.630. The van der Waals surface area contributed by atoms with Crippen LogP contribution in [0.25, 0.3) is 0 Å². The third kappa shape index (κ3) is 5.73. The van der Waals surface area contributed by atoms with Gasteiger partial charge in [-0.15, -0.1) is 0 Å². The molecule has 0 aliphatic carbocycles. The van der Waals surface area contributed by atoms with Crippen molar-refractivity contribution in [1.82, 2.24) is 4.90 Å². The Kier molecular flexibility index (Phi) is 5.62. The van der Waals surface area contributed by atoms with E-state index in [4.69, 9.17) is 0 Å². The normalized spacial score (nSPS) is 18.9. The van der Waals surface area contributed by atoms with Gasteiger partial charge in [-0.1, -0.05) is 26.3 Å². The van der Waals surface area contributed by atoms with Crippen LogP contribution in [0, 0.1) is 5.92 Å². The molecule has 0 N–H and O–H groups in total. The van der Waals surface area contributed by atoms with Crippen LogP contribution < -0.4 is 0 Å². The van der Waals surface area contributed by atoms with Crippen LogP contribution in [0.3, 0.4) is 0 Å². The average molecular weight is 209 g/mol. The Labute approximate surface area is 93.3 Å². The molecule has 0 saturated carbocycles.